The number of rotatable bonds is 17. The molecule has 55 heavy (non-hydrogen) atoms. The fourth-order valence-electron chi connectivity index (χ4n) is 11.5. The molecule has 5 aliphatic carbocycles. The molecule has 9 atom stereocenters. The summed E-state index contributed by atoms with van der Waals surface area (Å²) < 4.78 is 22.0. The minimum atomic E-state index is -0.705. The predicted octanol–water partition coefficient (Wildman–Crippen LogP) is 4.55. The van der Waals surface area contributed by atoms with Crippen LogP contribution in [0.4, 0.5) is 0 Å². The Hall–Kier alpha value is -3.00. The second kappa shape index (κ2) is 17.6. The van der Waals surface area contributed by atoms with Crippen LogP contribution in [0.3, 0.4) is 0 Å². The predicted molar refractivity (Wildman–Crippen MR) is 199 cm³/mol. The first kappa shape index (κ1) is 41.6. The van der Waals surface area contributed by atoms with Gasteiger partial charge in [-0.25, -0.2) is 4.79 Å². The van der Waals surface area contributed by atoms with Gasteiger partial charge in [0.15, 0.2) is 5.78 Å². The number of amides is 3. The van der Waals surface area contributed by atoms with Crippen molar-refractivity contribution in [2.45, 2.75) is 105 Å². The molecule has 4 saturated carbocycles. The Labute approximate surface area is 325 Å². The number of nitrogens with zero attached hydrogens (tertiary/aromatic N) is 1. The van der Waals surface area contributed by atoms with Crippen LogP contribution in [0, 0.1) is 51.8 Å². The van der Waals surface area contributed by atoms with E-state index in [1.807, 2.05) is 6.08 Å². The molecule has 1 heterocycles. The Morgan fingerprint density at radius 3 is 2.04 bits per heavy atom. The minimum Gasteiger partial charge on any atom is -0.378 e. The molecule has 1 aliphatic heterocycles. The van der Waals surface area contributed by atoms with Crippen molar-refractivity contribution in [3.8, 4) is 0 Å². The highest BCUT2D eigenvalue weighted by molar-refractivity contribution is 6.01. The zero-order valence-corrected chi connectivity index (χ0v) is 33.3. The van der Waals surface area contributed by atoms with Crippen molar-refractivity contribution in [3.05, 3.63) is 11.6 Å². The van der Waals surface area contributed by atoms with E-state index in [2.05, 4.69) is 33.0 Å². The van der Waals surface area contributed by atoms with Gasteiger partial charge in [-0.05, 0) is 91.4 Å². The van der Waals surface area contributed by atoms with Crippen LogP contribution in [0.15, 0.2) is 11.6 Å². The van der Waals surface area contributed by atoms with E-state index in [0.29, 0.717) is 69.4 Å². The van der Waals surface area contributed by atoms with Crippen LogP contribution in [0.1, 0.15) is 105 Å². The average molecular weight is 771 g/mol. The lowest BCUT2D eigenvalue weighted by atomic mass is 9.38. The van der Waals surface area contributed by atoms with Crippen LogP contribution < -0.4 is 5.32 Å². The lowest BCUT2D eigenvalue weighted by molar-refractivity contribution is -0.198. The van der Waals surface area contributed by atoms with Gasteiger partial charge < -0.3 is 29.1 Å². The first-order valence-electron chi connectivity index (χ1n) is 20.7. The summed E-state index contributed by atoms with van der Waals surface area (Å²) in [5.41, 5.74) is 1.18. The highest BCUT2D eigenvalue weighted by Gasteiger charge is 2.65. The van der Waals surface area contributed by atoms with Gasteiger partial charge in [0.1, 0.15) is 5.78 Å². The number of carbonyl (C=O) groups is 6. The van der Waals surface area contributed by atoms with Crippen LogP contribution in [-0.4, -0.2) is 99.7 Å². The number of Topliss-reactive ketones (excluding diaryl/α,β-unsaturated/α-hetero) is 1. The number of nitrogens with one attached hydrogen (secondary N) is 1. The van der Waals surface area contributed by atoms with E-state index in [1.165, 1.54) is 5.57 Å². The SMILES string of the molecule is C[C@H]1C(=O)CC[C@@]2(C)C1CC[C@@]1(C)C3CC[C@@]4(C)CC[C@H](C(=O)NCCOCCOCCOCCOCCC(=O)ON5C(=O)CCC5=O)CC4C3=CC(=O)C12. The van der Waals surface area contributed by atoms with Gasteiger partial charge in [0.25, 0.3) is 11.8 Å². The van der Waals surface area contributed by atoms with E-state index in [-0.39, 0.29) is 90.0 Å². The molecule has 13 heteroatoms. The van der Waals surface area contributed by atoms with Gasteiger partial charge in [-0.3, -0.25) is 24.0 Å². The fraction of sp³-hybridized carbons (Fsp3) is 0.810. The number of ketones is 2. The largest absolute Gasteiger partial charge is 0.378 e. The van der Waals surface area contributed by atoms with Gasteiger partial charge in [0.05, 0.1) is 59.3 Å². The van der Waals surface area contributed by atoms with E-state index in [0.717, 1.165) is 51.4 Å². The topological polar surface area (TPSA) is 164 Å². The van der Waals surface area contributed by atoms with Crippen LogP contribution in [-0.2, 0) is 52.6 Å². The third kappa shape index (κ3) is 8.79. The van der Waals surface area contributed by atoms with Crippen LogP contribution in [0.5, 0.6) is 0 Å². The summed E-state index contributed by atoms with van der Waals surface area (Å²) in [5.74, 6) is -0.250. The van der Waals surface area contributed by atoms with E-state index >= 15 is 0 Å². The molecule has 1 saturated heterocycles. The maximum Gasteiger partial charge on any atom is 0.335 e. The molecule has 0 spiro atoms. The summed E-state index contributed by atoms with van der Waals surface area (Å²) in [6.07, 6.45) is 10.3. The van der Waals surface area contributed by atoms with Crippen molar-refractivity contribution in [1.82, 2.24) is 10.4 Å². The Bertz CT molecular complexity index is 1500. The molecule has 6 rings (SSSR count). The van der Waals surface area contributed by atoms with Crippen molar-refractivity contribution in [3.63, 3.8) is 0 Å². The molecule has 306 valence electrons. The first-order valence-corrected chi connectivity index (χ1v) is 20.7. The van der Waals surface area contributed by atoms with E-state index in [9.17, 15) is 28.8 Å². The molecule has 0 aromatic carbocycles. The van der Waals surface area contributed by atoms with Crippen molar-refractivity contribution >= 4 is 35.3 Å². The molecule has 5 fully saturated rings. The maximum atomic E-state index is 14.3. The van der Waals surface area contributed by atoms with Gasteiger partial charge in [0.2, 0.25) is 5.91 Å². The summed E-state index contributed by atoms with van der Waals surface area (Å²) >= 11 is 0. The molecule has 4 unspecified atom stereocenters. The number of hydrogen-bond donors (Lipinski definition) is 1. The fourth-order valence-corrected chi connectivity index (χ4v) is 11.5. The Balaban J connectivity index is 0.845. The zero-order chi connectivity index (χ0) is 39.4. The molecule has 0 aromatic rings. The van der Waals surface area contributed by atoms with Gasteiger partial charge in [-0.1, -0.05) is 33.3 Å². The zero-order valence-electron chi connectivity index (χ0n) is 33.3. The molecule has 13 nitrogen and oxygen atoms in total. The number of carbonyl (C=O) groups excluding carboxylic acids is 6. The molecule has 0 radical (unpaired) electrons. The first-order chi connectivity index (χ1) is 26.3. The minimum absolute atomic E-state index is 0.0310. The standard InChI is InChI=1S/C42H62N2O11/c1-27-30-9-14-42(4)31-8-13-40(2)12-7-28(25-32(40)29(31)26-34(46)38(42)41(30,3)15-10-33(27)45)39(50)43-16-18-52-20-22-54-24-23-53-21-19-51-17-11-37(49)55-44-35(47)5-6-36(44)48/h26-28,30-32,38H,5-25H2,1-4H3,(H,43,50)/t27-,28+,30?,31?,32?,38?,40-,41+,42+/m1/s1. The highest BCUT2D eigenvalue weighted by Crippen LogP contribution is 2.69. The lowest BCUT2D eigenvalue weighted by Gasteiger charge is -2.64. The van der Waals surface area contributed by atoms with Crippen LogP contribution >= 0.6 is 0 Å². The quantitative estimate of drug-likeness (QED) is 0.163. The summed E-state index contributed by atoms with van der Waals surface area (Å²) in [6.45, 7) is 12.2. The van der Waals surface area contributed by atoms with Crippen molar-refractivity contribution in [2.24, 2.45) is 51.8 Å². The Kier molecular flexibility index (Phi) is 13.4. The lowest BCUT2D eigenvalue weighted by Crippen LogP contribution is -2.61. The van der Waals surface area contributed by atoms with Crippen molar-refractivity contribution < 1.29 is 52.6 Å². The highest BCUT2D eigenvalue weighted by atomic mass is 16.7. The molecule has 0 bridgehead atoms. The Morgan fingerprint density at radius 2 is 1.36 bits per heavy atom. The average Bonchev–Trinajstić information content (AvgIpc) is 3.46. The van der Waals surface area contributed by atoms with Gasteiger partial charge >= 0.3 is 5.97 Å². The monoisotopic (exact) mass is 770 g/mol. The van der Waals surface area contributed by atoms with E-state index < -0.39 is 17.8 Å². The number of ether oxygens (including phenoxy) is 4. The second-order valence-electron chi connectivity index (χ2n) is 17.7. The summed E-state index contributed by atoms with van der Waals surface area (Å²) in [5, 5.41) is 3.62. The summed E-state index contributed by atoms with van der Waals surface area (Å²) in [6, 6.07) is 0. The summed E-state index contributed by atoms with van der Waals surface area (Å²) in [4.78, 5) is 79.9. The van der Waals surface area contributed by atoms with E-state index in [1.54, 1.807) is 0 Å². The summed E-state index contributed by atoms with van der Waals surface area (Å²) in [7, 11) is 0. The molecule has 3 amide bonds. The number of hydroxylamine groups is 2. The third-order valence-electron chi connectivity index (χ3n) is 14.5. The Morgan fingerprint density at radius 1 is 0.745 bits per heavy atom. The van der Waals surface area contributed by atoms with Crippen molar-refractivity contribution in [1.29, 1.82) is 0 Å². The molecule has 0 aromatic heterocycles. The van der Waals surface area contributed by atoms with Crippen LogP contribution in [0.25, 0.3) is 0 Å². The smallest absolute Gasteiger partial charge is 0.335 e. The van der Waals surface area contributed by atoms with Crippen LogP contribution in [0.2, 0.25) is 0 Å². The van der Waals surface area contributed by atoms with Crippen molar-refractivity contribution in [2.75, 3.05) is 59.4 Å². The number of allylic oxidation sites excluding steroid dienone is 2. The third-order valence-corrected chi connectivity index (χ3v) is 14.5. The molecule has 1 N–H and O–H groups in total. The molecular weight excluding hydrogens is 708 g/mol. The molecular formula is C42H62N2O11. The maximum absolute atomic E-state index is 14.3. The number of hydrogen-bond acceptors (Lipinski definition) is 11. The van der Waals surface area contributed by atoms with Gasteiger partial charge in [-0.15, -0.1) is 5.06 Å². The number of fused-ring (bicyclic) bond motifs is 7. The normalized spacial score (nSPS) is 35.7. The second-order valence-corrected chi connectivity index (χ2v) is 17.7. The van der Waals surface area contributed by atoms with Gasteiger partial charge in [-0.2, -0.15) is 0 Å². The van der Waals surface area contributed by atoms with Gasteiger partial charge in [0, 0.05) is 43.6 Å². The molecule has 6 aliphatic rings. The van der Waals surface area contributed by atoms with E-state index in [4.69, 9.17) is 23.8 Å². The number of imide groups is 1.